The minimum absolute atomic E-state index is 0.0154. The van der Waals surface area contributed by atoms with E-state index in [-0.39, 0.29) is 11.8 Å². The maximum Gasteiger partial charge on any atom is 0.310 e. The molecular formula is C10H12O4. The summed E-state index contributed by atoms with van der Waals surface area (Å²) in [6.45, 7) is 0. The molecule has 0 amide bonds. The monoisotopic (exact) mass is 196 g/mol. The van der Waals surface area contributed by atoms with Crippen molar-refractivity contribution in [2.24, 2.45) is 23.7 Å². The van der Waals surface area contributed by atoms with Gasteiger partial charge in [-0.15, -0.1) is 0 Å². The summed E-state index contributed by atoms with van der Waals surface area (Å²) in [5, 5.41) is 9.01. The topological polar surface area (TPSA) is 63.6 Å². The summed E-state index contributed by atoms with van der Waals surface area (Å²) in [6, 6.07) is 0. The fraction of sp³-hybridized carbons (Fsp3) is 0.600. The van der Waals surface area contributed by atoms with Crippen LogP contribution in [0.5, 0.6) is 0 Å². The molecule has 1 N–H and O–H groups in total. The van der Waals surface area contributed by atoms with E-state index in [1.54, 1.807) is 0 Å². The van der Waals surface area contributed by atoms with Crippen LogP contribution in [0.15, 0.2) is 12.2 Å². The number of carbonyl (C=O) groups is 2. The Morgan fingerprint density at radius 1 is 1.29 bits per heavy atom. The standard InChI is InChI=1S/C10H12O4/c1-14-10(13)8-6-3-2-5(4-6)7(8)9(11)12/h2-3,5-8H,4H2,1H3,(H,11,12)/t5?,6-,7-,8+/m0/s1. The lowest BCUT2D eigenvalue weighted by Crippen LogP contribution is -2.33. The number of hydrogen-bond donors (Lipinski definition) is 1. The van der Waals surface area contributed by atoms with Gasteiger partial charge in [0, 0.05) is 0 Å². The number of rotatable bonds is 2. The van der Waals surface area contributed by atoms with Crippen molar-refractivity contribution in [2.75, 3.05) is 7.11 Å². The van der Waals surface area contributed by atoms with Crippen LogP contribution in [0.1, 0.15) is 6.42 Å². The molecule has 4 heteroatoms. The first-order valence-corrected chi connectivity index (χ1v) is 4.64. The van der Waals surface area contributed by atoms with Gasteiger partial charge < -0.3 is 9.84 Å². The minimum Gasteiger partial charge on any atom is -0.481 e. The maximum absolute atomic E-state index is 11.4. The van der Waals surface area contributed by atoms with E-state index in [4.69, 9.17) is 5.11 Å². The SMILES string of the molecule is COC(=O)[C@@H]1[C@H]2C=CC(C2)[C@@H]1C(=O)O. The molecule has 0 aromatic carbocycles. The van der Waals surface area contributed by atoms with E-state index in [0.29, 0.717) is 0 Å². The van der Waals surface area contributed by atoms with Crippen molar-refractivity contribution >= 4 is 11.9 Å². The first kappa shape index (κ1) is 9.24. The van der Waals surface area contributed by atoms with Gasteiger partial charge in [-0.1, -0.05) is 12.2 Å². The van der Waals surface area contributed by atoms with E-state index < -0.39 is 23.8 Å². The molecule has 0 spiro atoms. The minimum atomic E-state index is -0.891. The van der Waals surface area contributed by atoms with E-state index in [0.717, 1.165) is 6.42 Å². The van der Waals surface area contributed by atoms with Crippen LogP contribution in [0, 0.1) is 23.7 Å². The highest BCUT2D eigenvalue weighted by Crippen LogP contribution is 2.48. The number of ether oxygens (including phenoxy) is 1. The van der Waals surface area contributed by atoms with Crippen molar-refractivity contribution in [2.45, 2.75) is 6.42 Å². The molecule has 0 saturated heterocycles. The van der Waals surface area contributed by atoms with Gasteiger partial charge in [-0.2, -0.15) is 0 Å². The fourth-order valence-electron chi connectivity index (χ4n) is 2.62. The Labute approximate surface area is 81.6 Å². The number of aliphatic carboxylic acids is 1. The third-order valence-corrected chi connectivity index (χ3v) is 3.22. The summed E-state index contributed by atoms with van der Waals surface area (Å²) in [5.41, 5.74) is 0. The molecule has 4 nitrogen and oxygen atoms in total. The summed E-state index contributed by atoms with van der Waals surface area (Å²) < 4.78 is 4.63. The Balaban J connectivity index is 2.26. The molecule has 2 aliphatic carbocycles. The molecule has 1 unspecified atom stereocenters. The highest BCUT2D eigenvalue weighted by Gasteiger charge is 2.52. The highest BCUT2D eigenvalue weighted by molar-refractivity contribution is 5.83. The molecule has 4 atom stereocenters. The normalized spacial score (nSPS) is 38.6. The molecular weight excluding hydrogens is 184 g/mol. The van der Waals surface area contributed by atoms with Gasteiger partial charge in [0.05, 0.1) is 18.9 Å². The van der Waals surface area contributed by atoms with Gasteiger partial charge in [-0.3, -0.25) is 9.59 Å². The van der Waals surface area contributed by atoms with Gasteiger partial charge in [0.1, 0.15) is 0 Å². The molecule has 1 saturated carbocycles. The Hall–Kier alpha value is -1.32. The number of carbonyl (C=O) groups excluding carboxylic acids is 1. The largest absolute Gasteiger partial charge is 0.481 e. The van der Waals surface area contributed by atoms with E-state index in [1.165, 1.54) is 7.11 Å². The van der Waals surface area contributed by atoms with E-state index in [9.17, 15) is 9.59 Å². The molecule has 0 radical (unpaired) electrons. The summed E-state index contributed by atoms with van der Waals surface area (Å²) >= 11 is 0. The van der Waals surface area contributed by atoms with Gasteiger partial charge in [0.15, 0.2) is 0 Å². The summed E-state index contributed by atoms with van der Waals surface area (Å²) in [5.74, 6) is -2.27. The lowest BCUT2D eigenvalue weighted by Gasteiger charge is -2.21. The molecule has 0 aromatic rings. The Morgan fingerprint density at radius 2 is 1.86 bits per heavy atom. The second-order valence-corrected chi connectivity index (χ2v) is 3.86. The second-order valence-electron chi connectivity index (χ2n) is 3.86. The van der Waals surface area contributed by atoms with Gasteiger partial charge in [0.2, 0.25) is 0 Å². The summed E-state index contributed by atoms with van der Waals surface area (Å²) in [6.07, 6.45) is 4.62. The third kappa shape index (κ3) is 1.14. The van der Waals surface area contributed by atoms with Crippen LogP contribution in [-0.2, 0) is 14.3 Å². The predicted octanol–water partition coefficient (Wildman–Crippen LogP) is 0.682. The summed E-state index contributed by atoms with van der Waals surface area (Å²) in [4.78, 5) is 22.4. The molecule has 76 valence electrons. The van der Waals surface area contributed by atoms with E-state index in [2.05, 4.69) is 4.74 Å². The number of esters is 1. The average molecular weight is 196 g/mol. The zero-order valence-corrected chi connectivity index (χ0v) is 7.84. The number of carboxylic acids is 1. The van der Waals surface area contributed by atoms with Crippen molar-refractivity contribution in [1.82, 2.24) is 0 Å². The van der Waals surface area contributed by atoms with E-state index in [1.807, 2.05) is 12.2 Å². The first-order chi connectivity index (χ1) is 6.65. The fourth-order valence-corrected chi connectivity index (χ4v) is 2.62. The van der Waals surface area contributed by atoms with Gasteiger partial charge >= 0.3 is 11.9 Å². The van der Waals surface area contributed by atoms with Crippen LogP contribution in [-0.4, -0.2) is 24.2 Å². The molecule has 0 aliphatic heterocycles. The number of methoxy groups -OCH3 is 1. The Bertz CT molecular complexity index is 307. The van der Waals surface area contributed by atoms with Gasteiger partial charge in [-0.25, -0.2) is 0 Å². The van der Waals surface area contributed by atoms with Crippen molar-refractivity contribution in [3.63, 3.8) is 0 Å². The van der Waals surface area contributed by atoms with Crippen molar-refractivity contribution in [3.8, 4) is 0 Å². The predicted molar refractivity (Wildman–Crippen MR) is 47.4 cm³/mol. The third-order valence-electron chi connectivity index (χ3n) is 3.22. The van der Waals surface area contributed by atoms with Crippen LogP contribution in [0.25, 0.3) is 0 Å². The van der Waals surface area contributed by atoms with Gasteiger partial charge in [0.25, 0.3) is 0 Å². The lowest BCUT2D eigenvalue weighted by atomic mass is 9.83. The Morgan fingerprint density at radius 3 is 2.36 bits per heavy atom. The molecule has 2 rings (SSSR count). The molecule has 2 aliphatic rings. The molecule has 1 fully saturated rings. The number of fused-ring (bicyclic) bond motifs is 2. The van der Waals surface area contributed by atoms with Crippen LogP contribution in [0.3, 0.4) is 0 Å². The Kier molecular flexibility index (Phi) is 2.06. The van der Waals surface area contributed by atoms with E-state index >= 15 is 0 Å². The lowest BCUT2D eigenvalue weighted by molar-refractivity contribution is -0.156. The zero-order chi connectivity index (χ0) is 10.3. The highest BCUT2D eigenvalue weighted by atomic mass is 16.5. The number of hydrogen-bond acceptors (Lipinski definition) is 3. The molecule has 0 aromatic heterocycles. The van der Waals surface area contributed by atoms with Crippen LogP contribution >= 0.6 is 0 Å². The van der Waals surface area contributed by atoms with Crippen molar-refractivity contribution in [3.05, 3.63) is 12.2 Å². The molecule has 2 bridgehead atoms. The second kappa shape index (κ2) is 3.12. The average Bonchev–Trinajstić information content (AvgIpc) is 2.74. The summed E-state index contributed by atoms with van der Waals surface area (Å²) in [7, 11) is 1.30. The van der Waals surface area contributed by atoms with Crippen molar-refractivity contribution < 1.29 is 19.4 Å². The molecule has 0 heterocycles. The van der Waals surface area contributed by atoms with Gasteiger partial charge in [-0.05, 0) is 18.3 Å². The van der Waals surface area contributed by atoms with Crippen LogP contribution in [0.2, 0.25) is 0 Å². The number of allylic oxidation sites excluding steroid dienone is 2. The smallest absolute Gasteiger partial charge is 0.310 e. The quantitative estimate of drug-likeness (QED) is 0.521. The number of carboxylic acid groups (broad SMARTS) is 1. The van der Waals surface area contributed by atoms with Crippen LogP contribution in [0.4, 0.5) is 0 Å². The molecule has 14 heavy (non-hydrogen) atoms. The first-order valence-electron chi connectivity index (χ1n) is 4.64. The zero-order valence-electron chi connectivity index (χ0n) is 7.84. The maximum atomic E-state index is 11.4. The van der Waals surface area contributed by atoms with Crippen molar-refractivity contribution in [1.29, 1.82) is 0 Å². The van der Waals surface area contributed by atoms with Crippen LogP contribution < -0.4 is 0 Å².